The molecule has 0 fully saturated rings. The second-order valence-electron chi connectivity index (χ2n) is 7.99. The van der Waals surface area contributed by atoms with Gasteiger partial charge in [0.25, 0.3) is 0 Å². The molecule has 0 saturated heterocycles. The van der Waals surface area contributed by atoms with Gasteiger partial charge in [0.05, 0.1) is 24.5 Å². The summed E-state index contributed by atoms with van der Waals surface area (Å²) in [6.45, 7) is 2.46. The summed E-state index contributed by atoms with van der Waals surface area (Å²) < 4.78 is 3.53. The molecule has 1 aliphatic heterocycles. The fraction of sp³-hybridized carbons (Fsp3) is 0.261. The molecular formula is C23H25N7O2. The largest absolute Gasteiger partial charge is 0.394 e. The molecule has 2 atom stereocenters. The summed E-state index contributed by atoms with van der Waals surface area (Å²) >= 11 is 0. The topological polar surface area (TPSA) is 104 Å². The van der Waals surface area contributed by atoms with E-state index in [-0.39, 0.29) is 12.6 Å². The molecule has 0 radical (unpaired) electrons. The summed E-state index contributed by atoms with van der Waals surface area (Å²) in [5.74, 6) is 1.26. The molecule has 0 spiro atoms. The number of aryl methyl sites for hydroxylation is 2. The van der Waals surface area contributed by atoms with Crippen LogP contribution in [0.4, 0.5) is 11.8 Å². The van der Waals surface area contributed by atoms with E-state index in [9.17, 15) is 10.2 Å². The predicted molar refractivity (Wildman–Crippen MR) is 120 cm³/mol. The summed E-state index contributed by atoms with van der Waals surface area (Å²) in [5, 5.41) is 28.4. The molecular weight excluding hydrogens is 406 g/mol. The summed E-state index contributed by atoms with van der Waals surface area (Å²) in [4.78, 5) is 10.8. The van der Waals surface area contributed by atoms with Crippen molar-refractivity contribution in [2.45, 2.75) is 25.9 Å². The Kier molecular flexibility index (Phi) is 5.22. The Morgan fingerprint density at radius 3 is 2.78 bits per heavy atom. The van der Waals surface area contributed by atoms with E-state index >= 15 is 0 Å². The van der Waals surface area contributed by atoms with Crippen LogP contribution in [0.5, 0.6) is 0 Å². The van der Waals surface area contributed by atoms with Crippen molar-refractivity contribution in [1.82, 2.24) is 29.2 Å². The van der Waals surface area contributed by atoms with Gasteiger partial charge in [-0.25, -0.2) is 14.9 Å². The van der Waals surface area contributed by atoms with Gasteiger partial charge in [-0.2, -0.15) is 5.10 Å². The fourth-order valence-electron chi connectivity index (χ4n) is 4.18. The van der Waals surface area contributed by atoms with E-state index in [2.05, 4.69) is 20.4 Å². The molecule has 3 aromatic heterocycles. The number of hydrogen-bond acceptors (Lipinski definition) is 7. The van der Waals surface area contributed by atoms with Crippen LogP contribution in [-0.4, -0.2) is 46.0 Å². The van der Waals surface area contributed by atoms with Gasteiger partial charge in [0.15, 0.2) is 6.35 Å². The van der Waals surface area contributed by atoms with E-state index in [4.69, 9.17) is 0 Å². The SMILES string of the molecule is Cc1cccc([C@@H](CO)N2Cc3cc(-c4ccnc(Nc5ccnn5C)n4)cn3C2O)c1. The maximum atomic E-state index is 11.0. The standard InChI is InChI=1S/C23H25N7O2/c1-15-4-3-5-16(10-15)20(14-31)30-13-18-11-17(12-29(18)23(30)32)19-6-8-24-22(26-19)27-21-7-9-25-28(21)2/h3-12,20,23,31-32H,13-14H2,1-2H3,(H,24,26,27)/t20-,23?/m1/s1. The van der Waals surface area contributed by atoms with Crippen LogP contribution in [0, 0.1) is 6.92 Å². The lowest BCUT2D eigenvalue weighted by atomic mass is 10.0. The average molecular weight is 432 g/mol. The number of rotatable bonds is 6. The number of hydrogen-bond donors (Lipinski definition) is 3. The minimum atomic E-state index is -0.870. The highest BCUT2D eigenvalue weighted by Crippen LogP contribution is 2.36. The molecule has 32 heavy (non-hydrogen) atoms. The van der Waals surface area contributed by atoms with Crippen LogP contribution in [0.15, 0.2) is 61.1 Å². The molecule has 0 aliphatic carbocycles. The van der Waals surface area contributed by atoms with Crippen LogP contribution in [0.2, 0.25) is 0 Å². The van der Waals surface area contributed by atoms with E-state index < -0.39 is 6.35 Å². The van der Waals surface area contributed by atoms with Crippen LogP contribution >= 0.6 is 0 Å². The van der Waals surface area contributed by atoms with Crippen LogP contribution in [0.25, 0.3) is 11.3 Å². The number of nitrogens with zero attached hydrogens (tertiary/aromatic N) is 6. The molecule has 164 valence electrons. The first kappa shape index (κ1) is 20.4. The Bertz CT molecular complexity index is 1250. The second-order valence-corrected chi connectivity index (χ2v) is 7.99. The fourth-order valence-corrected chi connectivity index (χ4v) is 4.18. The van der Waals surface area contributed by atoms with Crippen molar-refractivity contribution in [2.24, 2.45) is 7.05 Å². The molecule has 4 aromatic rings. The van der Waals surface area contributed by atoms with Gasteiger partial charge in [0.2, 0.25) is 5.95 Å². The van der Waals surface area contributed by atoms with Crippen molar-refractivity contribution < 1.29 is 10.2 Å². The van der Waals surface area contributed by atoms with Crippen LogP contribution < -0.4 is 5.32 Å². The minimum absolute atomic E-state index is 0.0762. The third-order valence-corrected chi connectivity index (χ3v) is 5.83. The van der Waals surface area contributed by atoms with Crippen LogP contribution in [0.1, 0.15) is 29.2 Å². The Hall–Kier alpha value is -3.53. The molecule has 1 unspecified atom stereocenters. The number of benzene rings is 1. The molecule has 5 rings (SSSR count). The molecule has 4 heterocycles. The Morgan fingerprint density at radius 1 is 1.19 bits per heavy atom. The zero-order chi connectivity index (χ0) is 22.2. The summed E-state index contributed by atoms with van der Waals surface area (Å²) in [7, 11) is 1.84. The van der Waals surface area contributed by atoms with Crippen molar-refractivity contribution in [3.8, 4) is 11.3 Å². The first-order valence-corrected chi connectivity index (χ1v) is 10.4. The van der Waals surface area contributed by atoms with Gasteiger partial charge in [-0.3, -0.25) is 4.68 Å². The summed E-state index contributed by atoms with van der Waals surface area (Å²) in [6, 6.07) is 13.4. The second kappa shape index (κ2) is 8.19. The van der Waals surface area contributed by atoms with Crippen molar-refractivity contribution in [2.75, 3.05) is 11.9 Å². The van der Waals surface area contributed by atoms with Gasteiger partial charge in [-0.05, 0) is 24.6 Å². The van der Waals surface area contributed by atoms with Gasteiger partial charge >= 0.3 is 0 Å². The lowest BCUT2D eigenvalue weighted by molar-refractivity contribution is -0.0708. The molecule has 0 saturated carbocycles. The average Bonchev–Trinajstić information content (AvgIpc) is 3.46. The van der Waals surface area contributed by atoms with Crippen LogP contribution in [0.3, 0.4) is 0 Å². The molecule has 0 bridgehead atoms. The molecule has 9 nitrogen and oxygen atoms in total. The Labute approximate surface area is 185 Å². The van der Waals surface area contributed by atoms with E-state index in [0.29, 0.717) is 12.5 Å². The van der Waals surface area contributed by atoms with Gasteiger partial charge in [0, 0.05) is 43.3 Å². The lowest BCUT2D eigenvalue weighted by Gasteiger charge is -2.29. The van der Waals surface area contributed by atoms with E-state index in [0.717, 1.165) is 33.9 Å². The lowest BCUT2D eigenvalue weighted by Crippen LogP contribution is -2.31. The number of aromatic nitrogens is 5. The smallest absolute Gasteiger partial charge is 0.228 e. The highest BCUT2D eigenvalue weighted by Gasteiger charge is 2.34. The maximum Gasteiger partial charge on any atom is 0.228 e. The summed E-state index contributed by atoms with van der Waals surface area (Å²) in [6.07, 6.45) is 4.42. The zero-order valence-corrected chi connectivity index (χ0v) is 17.9. The Balaban J connectivity index is 1.38. The molecule has 1 aromatic carbocycles. The normalized spacial score (nSPS) is 16.8. The molecule has 3 N–H and O–H groups in total. The van der Waals surface area contributed by atoms with E-state index in [1.807, 2.05) is 72.1 Å². The highest BCUT2D eigenvalue weighted by atomic mass is 16.3. The van der Waals surface area contributed by atoms with E-state index in [1.165, 1.54) is 0 Å². The van der Waals surface area contributed by atoms with Crippen molar-refractivity contribution in [1.29, 1.82) is 0 Å². The molecule has 0 amide bonds. The van der Waals surface area contributed by atoms with Crippen molar-refractivity contribution in [3.05, 3.63) is 77.9 Å². The van der Waals surface area contributed by atoms with E-state index in [1.54, 1.807) is 17.1 Å². The number of nitrogens with one attached hydrogen (secondary N) is 1. The van der Waals surface area contributed by atoms with Crippen LogP contribution in [-0.2, 0) is 13.6 Å². The van der Waals surface area contributed by atoms with Gasteiger partial charge in [-0.15, -0.1) is 0 Å². The highest BCUT2D eigenvalue weighted by molar-refractivity contribution is 5.62. The number of fused-ring (bicyclic) bond motifs is 1. The Morgan fingerprint density at radius 2 is 2.06 bits per heavy atom. The molecule has 1 aliphatic rings. The third-order valence-electron chi connectivity index (χ3n) is 5.83. The zero-order valence-electron chi connectivity index (χ0n) is 17.9. The first-order valence-electron chi connectivity index (χ1n) is 10.4. The van der Waals surface area contributed by atoms with Crippen molar-refractivity contribution >= 4 is 11.8 Å². The minimum Gasteiger partial charge on any atom is -0.394 e. The maximum absolute atomic E-state index is 11.0. The monoisotopic (exact) mass is 431 g/mol. The van der Waals surface area contributed by atoms with Crippen molar-refractivity contribution in [3.63, 3.8) is 0 Å². The quantitative estimate of drug-likeness (QED) is 0.431. The van der Waals surface area contributed by atoms with Gasteiger partial charge in [0.1, 0.15) is 5.82 Å². The number of aliphatic hydroxyl groups excluding tert-OH is 2. The predicted octanol–water partition coefficient (Wildman–Crippen LogP) is 2.73. The number of aliphatic hydroxyl groups is 2. The summed E-state index contributed by atoms with van der Waals surface area (Å²) in [5.41, 5.74) is 4.71. The number of anilines is 2. The van der Waals surface area contributed by atoms with Gasteiger partial charge in [-0.1, -0.05) is 29.8 Å². The van der Waals surface area contributed by atoms with Gasteiger partial charge < -0.3 is 20.1 Å². The third kappa shape index (κ3) is 3.66. The first-order chi connectivity index (χ1) is 15.5. The molecule has 9 heteroatoms.